The molecule has 3 N–H and O–H groups in total. The molecule has 5 nitrogen and oxygen atoms in total. The summed E-state index contributed by atoms with van der Waals surface area (Å²) in [6, 6.07) is 5.71. The number of aliphatic hydroxyl groups excluding tert-OH is 1. The highest BCUT2D eigenvalue weighted by Crippen LogP contribution is 2.33. The largest absolute Gasteiger partial charge is 0.440 e. The lowest BCUT2D eigenvalue weighted by atomic mass is 10.00. The van der Waals surface area contributed by atoms with Gasteiger partial charge in [0, 0.05) is 13.0 Å². The Hall–Kier alpha value is -1.92. The van der Waals surface area contributed by atoms with Crippen LogP contribution in [-0.4, -0.2) is 21.7 Å². The van der Waals surface area contributed by atoms with Crippen molar-refractivity contribution in [3.05, 3.63) is 50.0 Å². The topological polar surface area (TPSA) is 78.1 Å². The molecule has 6 heteroatoms. The zero-order chi connectivity index (χ0) is 13.4. The molecule has 0 atom stereocenters. The van der Waals surface area contributed by atoms with E-state index in [-0.39, 0.29) is 16.9 Å². The van der Waals surface area contributed by atoms with E-state index < -0.39 is 0 Å². The number of H-pyrrole nitrogens is 2. The molecular formula is C13H12N2O3S. The predicted molar refractivity (Wildman–Crippen MR) is 72.4 cm³/mol. The average molecular weight is 276 g/mol. The molecule has 1 aliphatic rings. The third kappa shape index (κ3) is 2.20. The van der Waals surface area contributed by atoms with Gasteiger partial charge in [-0.25, -0.2) is 0 Å². The van der Waals surface area contributed by atoms with Crippen LogP contribution in [0.5, 0.6) is 11.6 Å². The van der Waals surface area contributed by atoms with Gasteiger partial charge in [0.15, 0.2) is 4.77 Å². The van der Waals surface area contributed by atoms with Gasteiger partial charge < -0.3 is 14.8 Å². The standard InChI is InChI=1S/C13H12N2O3S/c16-4-3-7-1-2-10-8(5-7)6-9-11(17)14-13(19)15-12(9)18-10/h1-2,5,16H,3-4,6H2,(H2,14,15,17,19). The molecule has 0 fully saturated rings. The van der Waals surface area contributed by atoms with Crippen molar-refractivity contribution in [2.24, 2.45) is 0 Å². The van der Waals surface area contributed by atoms with E-state index in [1.807, 2.05) is 18.2 Å². The Kier molecular flexibility index (Phi) is 2.96. The van der Waals surface area contributed by atoms with E-state index in [1.165, 1.54) is 0 Å². The number of rotatable bonds is 2. The Bertz CT molecular complexity index is 748. The van der Waals surface area contributed by atoms with Crippen molar-refractivity contribution in [1.82, 2.24) is 9.97 Å². The van der Waals surface area contributed by atoms with Crippen molar-refractivity contribution in [3.63, 3.8) is 0 Å². The fourth-order valence-electron chi connectivity index (χ4n) is 2.19. The third-order valence-electron chi connectivity index (χ3n) is 3.11. The van der Waals surface area contributed by atoms with Crippen LogP contribution in [0.25, 0.3) is 0 Å². The maximum absolute atomic E-state index is 11.8. The lowest BCUT2D eigenvalue weighted by Crippen LogP contribution is -2.19. The van der Waals surface area contributed by atoms with Crippen LogP contribution in [-0.2, 0) is 12.8 Å². The number of aromatic amines is 2. The Balaban J connectivity index is 2.07. The second-order valence-electron chi connectivity index (χ2n) is 4.41. The first-order valence-electron chi connectivity index (χ1n) is 5.93. The van der Waals surface area contributed by atoms with Gasteiger partial charge in [-0.1, -0.05) is 12.1 Å². The molecule has 1 aromatic carbocycles. The van der Waals surface area contributed by atoms with E-state index in [0.29, 0.717) is 30.0 Å². The lowest BCUT2D eigenvalue weighted by Gasteiger charge is -2.19. The minimum absolute atomic E-state index is 0.101. The number of fused-ring (bicyclic) bond motifs is 2. The minimum Gasteiger partial charge on any atom is -0.440 e. The van der Waals surface area contributed by atoms with E-state index in [2.05, 4.69) is 9.97 Å². The zero-order valence-electron chi connectivity index (χ0n) is 10.0. The van der Waals surface area contributed by atoms with Crippen LogP contribution in [0.3, 0.4) is 0 Å². The molecule has 3 rings (SSSR count). The highest BCUT2D eigenvalue weighted by molar-refractivity contribution is 7.71. The maximum Gasteiger partial charge on any atom is 0.259 e. The quantitative estimate of drug-likeness (QED) is 0.622. The van der Waals surface area contributed by atoms with Crippen LogP contribution in [0.15, 0.2) is 23.0 Å². The van der Waals surface area contributed by atoms with E-state index in [9.17, 15) is 4.79 Å². The van der Waals surface area contributed by atoms with Gasteiger partial charge in [-0.3, -0.25) is 9.78 Å². The number of aliphatic hydroxyl groups is 1. The summed E-state index contributed by atoms with van der Waals surface area (Å²) in [4.78, 5) is 17.2. The molecule has 0 saturated heterocycles. The molecule has 98 valence electrons. The van der Waals surface area contributed by atoms with Crippen molar-refractivity contribution < 1.29 is 9.84 Å². The van der Waals surface area contributed by atoms with Gasteiger partial charge >= 0.3 is 0 Å². The summed E-state index contributed by atoms with van der Waals surface area (Å²) in [5.41, 5.74) is 2.28. The van der Waals surface area contributed by atoms with Gasteiger partial charge in [0.2, 0.25) is 5.88 Å². The number of ether oxygens (including phenoxy) is 1. The van der Waals surface area contributed by atoms with Gasteiger partial charge in [-0.05, 0) is 35.8 Å². The lowest BCUT2D eigenvalue weighted by molar-refractivity contribution is 0.299. The molecule has 1 aromatic heterocycles. The molecule has 1 aliphatic heterocycles. The first-order chi connectivity index (χ1) is 9.17. The summed E-state index contributed by atoms with van der Waals surface area (Å²) in [6.07, 6.45) is 1.08. The van der Waals surface area contributed by atoms with Gasteiger partial charge in [-0.2, -0.15) is 0 Å². The average Bonchev–Trinajstić information content (AvgIpc) is 2.37. The smallest absolute Gasteiger partial charge is 0.259 e. The van der Waals surface area contributed by atoms with Gasteiger partial charge in [-0.15, -0.1) is 0 Å². The molecule has 0 unspecified atom stereocenters. The third-order valence-corrected chi connectivity index (χ3v) is 3.31. The molecule has 19 heavy (non-hydrogen) atoms. The molecule has 2 aromatic rings. The fourth-order valence-corrected chi connectivity index (χ4v) is 2.38. The Labute approximate surface area is 113 Å². The molecule has 0 radical (unpaired) electrons. The predicted octanol–water partition coefficient (Wildman–Crippen LogP) is 1.66. The molecular weight excluding hydrogens is 264 g/mol. The summed E-state index contributed by atoms with van der Waals surface area (Å²) < 4.78 is 5.92. The van der Waals surface area contributed by atoms with E-state index in [4.69, 9.17) is 22.1 Å². The Morgan fingerprint density at radius 2 is 2.21 bits per heavy atom. The summed E-state index contributed by atoms with van der Waals surface area (Å²) in [5, 5.41) is 8.95. The van der Waals surface area contributed by atoms with E-state index in [1.54, 1.807) is 0 Å². The second-order valence-corrected chi connectivity index (χ2v) is 4.82. The Morgan fingerprint density at radius 1 is 1.37 bits per heavy atom. The van der Waals surface area contributed by atoms with Crippen molar-refractivity contribution in [3.8, 4) is 11.6 Å². The van der Waals surface area contributed by atoms with E-state index in [0.717, 1.165) is 11.1 Å². The molecule has 0 aliphatic carbocycles. The van der Waals surface area contributed by atoms with Crippen LogP contribution < -0.4 is 10.3 Å². The highest BCUT2D eigenvalue weighted by atomic mass is 32.1. The van der Waals surface area contributed by atoms with Gasteiger partial charge in [0.1, 0.15) is 5.75 Å². The second kappa shape index (κ2) is 4.64. The summed E-state index contributed by atoms with van der Waals surface area (Å²) >= 11 is 4.92. The van der Waals surface area contributed by atoms with Crippen LogP contribution in [0, 0.1) is 4.77 Å². The monoisotopic (exact) mass is 276 g/mol. The van der Waals surface area contributed by atoms with Crippen molar-refractivity contribution in [1.29, 1.82) is 0 Å². The number of benzene rings is 1. The summed E-state index contributed by atoms with van der Waals surface area (Å²) in [6.45, 7) is 0.101. The summed E-state index contributed by atoms with van der Waals surface area (Å²) in [7, 11) is 0. The van der Waals surface area contributed by atoms with Crippen molar-refractivity contribution in [2.75, 3.05) is 6.61 Å². The Morgan fingerprint density at radius 3 is 3.00 bits per heavy atom. The normalized spacial score (nSPS) is 12.5. The van der Waals surface area contributed by atoms with Crippen molar-refractivity contribution in [2.45, 2.75) is 12.8 Å². The number of nitrogens with one attached hydrogen (secondary N) is 2. The zero-order valence-corrected chi connectivity index (χ0v) is 10.8. The van der Waals surface area contributed by atoms with Gasteiger partial charge in [0.25, 0.3) is 5.56 Å². The molecule has 0 saturated carbocycles. The molecule has 0 bridgehead atoms. The van der Waals surface area contributed by atoms with Crippen LogP contribution in [0.4, 0.5) is 0 Å². The summed E-state index contributed by atoms with van der Waals surface area (Å²) in [5.74, 6) is 1.13. The fraction of sp³-hybridized carbons (Fsp3) is 0.231. The number of hydrogen-bond acceptors (Lipinski definition) is 4. The highest BCUT2D eigenvalue weighted by Gasteiger charge is 2.20. The van der Waals surface area contributed by atoms with E-state index >= 15 is 0 Å². The van der Waals surface area contributed by atoms with Gasteiger partial charge in [0.05, 0.1) is 5.56 Å². The molecule has 0 amide bonds. The first kappa shape index (κ1) is 12.1. The van der Waals surface area contributed by atoms with Crippen LogP contribution in [0.1, 0.15) is 16.7 Å². The minimum atomic E-state index is -0.225. The SMILES string of the molecule is O=c1[nH]c(=S)[nH]c2c1Cc1cc(CCO)ccc1O2. The molecule has 2 heterocycles. The number of aromatic nitrogens is 2. The van der Waals surface area contributed by atoms with Crippen LogP contribution in [0.2, 0.25) is 0 Å². The van der Waals surface area contributed by atoms with Crippen molar-refractivity contribution >= 4 is 12.2 Å². The maximum atomic E-state index is 11.8. The van der Waals surface area contributed by atoms with Crippen LogP contribution >= 0.6 is 12.2 Å². The first-order valence-corrected chi connectivity index (χ1v) is 6.34. The number of hydrogen-bond donors (Lipinski definition) is 3. The molecule has 0 spiro atoms.